The van der Waals surface area contributed by atoms with Crippen LogP contribution in [0.3, 0.4) is 0 Å². The molecule has 18 heavy (non-hydrogen) atoms. The lowest BCUT2D eigenvalue weighted by Gasteiger charge is -1.98. The summed E-state index contributed by atoms with van der Waals surface area (Å²) in [6.45, 7) is 3.93. The standard InChI is InChI=1S/C12H16N4O2/c1-9-3-4-14-10(7-9)12-15-11(18-16-12)8-13-5-6-17-2/h3-4,7,13H,5-6,8H2,1-2H3. The molecule has 2 aromatic heterocycles. The minimum Gasteiger partial charge on any atom is -0.383 e. The molecule has 0 atom stereocenters. The Bertz CT molecular complexity index is 498. The largest absolute Gasteiger partial charge is 0.383 e. The minimum atomic E-state index is 0.516. The van der Waals surface area contributed by atoms with E-state index in [-0.39, 0.29) is 0 Å². The van der Waals surface area contributed by atoms with E-state index in [1.165, 1.54) is 0 Å². The number of methoxy groups -OCH3 is 1. The van der Waals surface area contributed by atoms with E-state index in [0.29, 0.717) is 24.9 Å². The third-order valence-corrected chi connectivity index (χ3v) is 2.37. The molecule has 0 aliphatic rings. The molecule has 6 nitrogen and oxygen atoms in total. The predicted molar refractivity (Wildman–Crippen MR) is 65.8 cm³/mol. The second-order valence-corrected chi connectivity index (χ2v) is 3.90. The molecule has 0 aliphatic heterocycles. The van der Waals surface area contributed by atoms with E-state index < -0.39 is 0 Å². The van der Waals surface area contributed by atoms with Crippen LogP contribution < -0.4 is 5.32 Å². The molecule has 2 aromatic rings. The van der Waals surface area contributed by atoms with Crippen molar-refractivity contribution < 1.29 is 9.26 Å². The Labute approximate surface area is 105 Å². The van der Waals surface area contributed by atoms with Gasteiger partial charge in [-0.15, -0.1) is 0 Å². The molecule has 0 spiro atoms. The SMILES string of the molecule is COCCNCc1nc(-c2cc(C)ccn2)no1. The molecule has 0 amide bonds. The first-order chi connectivity index (χ1) is 8.79. The summed E-state index contributed by atoms with van der Waals surface area (Å²) in [5.74, 6) is 1.06. The first-order valence-corrected chi connectivity index (χ1v) is 5.75. The van der Waals surface area contributed by atoms with Crippen LogP contribution in [0.1, 0.15) is 11.5 Å². The number of hydrogen-bond donors (Lipinski definition) is 1. The van der Waals surface area contributed by atoms with Gasteiger partial charge in [0.05, 0.1) is 13.2 Å². The van der Waals surface area contributed by atoms with Gasteiger partial charge in [-0.25, -0.2) is 0 Å². The van der Waals surface area contributed by atoms with Crippen LogP contribution in [-0.2, 0) is 11.3 Å². The van der Waals surface area contributed by atoms with E-state index in [2.05, 4.69) is 20.4 Å². The van der Waals surface area contributed by atoms with Crippen LogP contribution in [0.5, 0.6) is 0 Å². The first kappa shape index (κ1) is 12.7. The number of nitrogens with one attached hydrogen (secondary N) is 1. The van der Waals surface area contributed by atoms with Gasteiger partial charge in [-0.3, -0.25) is 4.98 Å². The maximum absolute atomic E-state index is 5.13. The summed E-state index contributed by atoms with van der Waals surface area (Å²) in [6.07, 6.45) is 1.73. The summed E-state index contributed by atoms with van der Waals surface area (Å²) >= 11 is 0. The average molecular weight is 248 g/mol. The lowest BCUT2D eigenvalue weighted by molar-refractivity contribution is 0.197. The fourth-order valence-electron chi connectivity index (χ4n) is 1.46. The van der Waals surface area contributed by atoms with Gasteiger partial charge < -0.3 is 14.6 Å². The Kier molecular flexibility index (Phi) is 4.38. The number of pyridine rings is 1. The number of aryl methyl sites for hydroxylation is 1. The van der Waals surface area contributed by atoms with Crippen molar-refractivity contribution in [3.05, 3.63) is 29.8 Å². The molecule has 0 radical (unpaired) electrons. The van der Waals surface area contributed by atoms with E-state index >= 15 is 0 Å². The van der Waals surface area contributed by atoms with Gasteiger partial charge in [0.15, 0.2) is 0 Å². The van der Waals surface area contributed by atoms with Gasteiger partial charge in [0.1, 0.15) is 5.69 Å². The second kappa shape index (κ2) is 6.23. The summed E-state index contributed by atoms with van der Waals surface area (Å²) in [6, 6.07) is 3.85. The smallest absolute Gasteiger partial charge is 0.240 e. The Hall–Kier alpha value is -1.79. The Morgan fingerprint density at radius 3 is 3.11 bits per heavy atom. The molecule has 0 aromatic carbocycles. The van der Waals surface area contributed by atoms with Crippen molar-refractivity contribution in [1.82, 2.24) is 20.4 Å². The maximum atomic E-state index is 5.13. The third-order valence-electron chi connectivity index (χ3n) is 2.37. The molecule has 0 aliphatic carbocycles. The van der Waals surface area contributed by atoms with Crippen LogP contribution >= 0.6 is 0 Å². The highest BCUT2D eigenvalue weighted by atomic mass is 16.5. The molecule has 0 unspecified atom stereocenters. The van der Waals surface area contributed by atoms with Gasteiger partial charge in [0.2, 0.25) is 11.7 Å². The molecular weight excluding hydrogens is 232 g/mol. The van der Waals surface area contributed by atoms with Gasteiger partial charge in [0, 0.05) is 19.9 Å². The molecule has 0 saturated heterocycles. The molecule has 96 valence electrons. The van der Waals surface area contributed by atoms with Crippen LogP contribution in [0.4, 0.5) is 0 Å². The van der Waals surface area contributed by atoms with Crippen LogP contribution in [0.15, 0.2) is 22.9 Å². The third kappa shape index (κ3) is 3.35. The van der Waals surface area contributed by atoms with Crippen molar-refractivity contribution >= 4 is 0 Å². The van der Waals surface area contributed by atoms with Gasteiger partial charge in [-0.2, -0.15) is 4.98 Å². The minimum absolute atomic E-state index is 0.516. The average Bonchev–Trinajstić information content (AvgIpc) is 2.83. The highest BCUT2D eigenvalue weighted by Gasteiger charge is 2.09. The summed E-state index contributed by atoms with van der Waals surface area (Å²) in [5, 5.41) is 7.04. The van der Waals surface area contributed by atoms with E-state index in [9.17, 15) is 0 Å². The summed E-state index contributed by atoms with van der Waals surface area (Å²) in [4.78, 5) is 8.48. The van der Waals surface area contributed by atoms with E-state index in [1.54, 1.807) is 13.3 Å². The Morgan fingerprint density at radius 2 is 2.33 bits per heavy atom. The zero-order valence-corrected chi connectivity index (χ0v) is 10.5. The number of ether oxygens (including phenoxy) is 1. The molecule has 0 fully saturated rings. The van der Waals surface area contributed by atoms with Crippen molar-refractivity contribution in [3.8, 4) is 11.5 Å². The van der Waals surface area contributed by atoms with Crippen LogP contribution in [0.2, 0.25) is 0 Å². The van der Waals surface area contributed by atoms with E-state index in [0.717, 1.165) is 17.8 Å². The topological polar surface area (TPSA) is 73.1 Å². The van der Waals surface area contributed by atoms with Crippen molar-refractivity contribution in [1.29, 1.82) is 0 Å². The molecule has 2 heterocycles. The van der Waals surface area contributed by atoms with Crippen LogP contribution in [-0.4, -0.2) is 35.4 Å². The normalized spacial score (nSPS) is 10.8. The Balaban J connectivity index is 1.97. The zero-order chi connectivity index (χ0) is 12.8. The first-order valence-electron chi connectivity index (χ1n) is 5.75. The van der Waals surface area contributed by atoms with Crippen LogP contribution in [0, 0.1) is 6.92 Å². The molecule has 6 heteroatoms. The number of aromatic nitrogens is 3. The molecule has 2 rings (SSSR count). The summed E-state index contributed by atoms with van der Waals surface area (Å²) in [5.41, 5.74) is 1.84. The van der Waals surface area contributed by atoms with Crippen molar-refractivity contribution in [2.24, 2.45) is 0 Å². The van der Waals surface area contributed by atoms with Crippen molar-refractivity contribution in [2.45, 2.75) is 13.5 Å². The van der Waals surface area contributed by atoms with Crippen LogP contribution in [0.25, 0.3) is 11.5 Å². The maximum Gasteiger partial charge on any atom is 0.240 e. The predicted octanol–water partition coefficient (Wildman–Crippen LogP) is 1.18. The fourth-order valence-corrected chi connectivity index (χ4v) is 1.46. The van der Waals surface area contributed by atoms with Gasteiger partial charge in [-0.1, -0.05) is 5.16 Å². The monoisotopic (exact) mass is 248 g/mol. The lowest BCUT2D eigenvalue weighted by Crippen LogP contribution is -2.18. The molecule has 0 saturated carbocycles. The molecular formula is C12H16N4O2. The number of hydrogen-bond acceptors (Lipinski definition) is 6. The number of rotatable bonds is 6. The summed E-state index contributed by atoms with van der Waals surface area (Å²) < 4.78 is 10.1. The Morgan fingerprint density at radius 1 is 1.44 bits per heavy atom. The zero-order valence-electron chi connectivity index (χ0n) is 10.5. The van der Waals surface area contributed by atoms with E-state index in [1.807, 2.05) is 19.1 Å². The second-order valence-electron chi connectivity index (χ2n) is 3.90. The highest BCUT2D eigenvalue weighted by molar-refractivity contribution is 5.48. The highest BCUT2D eigenvalue weighted by Crippen LogP contribution is 2.13. The van der Waals surface area contributed by atoms with Gasteiger partial charge in [-0.05, 0) is 24.6 Å². The van der Waals surface area contributed by atoms with Crippen molar-refractivity contribution in [3.63, 3.8) is 0 Å². The van der Waals surface area contributed by atoms with Gasteiger partial charge in [0.25, 0.3) is 0 Å². The van der Waals surface area contributed by atoms with Crippen molar-refractivity contribution in [2.75, 3.05) is 20.3 Å². The number of nitrogens with zero attached hydrogens (tertiary/aromatic N) is 3. The lowest BCUT2D eigenvalue weighted by atomic mass is 10.2. The molecule has 0 bridgehead atoms. The fraction of sp³-hybridized carbons (Fsp3) is 0.417. The van der Waals surface area contributed by atoms with Gasteiger partial charge >= 0.3 is 0 Å². The molecule has 1 N–H and O–H groups in total. The van der Waals surface area contributed by atoms with E-state index in [4.69, 9.17) is 9.26 Å². The summed E-state index contributed by atoms with van der Waals surface area (Å²) in [7, 11) is 1.66. The quantitative estimate of drug-likeness (QED) is 0.774.